The third-order valence-electron chi connectivity index (χ3n) is 4.77. The predicted octanol–water partition coefficient (Wildman–Crippen LogP) is 3.99. The fourth-order valence-electron chi connectivity index (χ4n) is 3.12. The molecule has 29 heavy (non-hydrogen) atoms. The lowest BCUT2D eigenvalue weighted by atomic mass is 10.1. The second-order valence-corrected chi connectivity index (χ2v) is 7.76. The molecule has 0 fully saturated rings. The summed E-state index contributed by atoms with van der Waals surface area (Å²) in [4.78, 5) is 4.37. The van der Waals surface area contributed by atoms with Crippen molar-refractivity contribution in [1.29, 1.82) is 0 Å². The monoisotopic (exact) mass is 513 g/mol. The van der Waals surface area contributed by atoms with Crippen LogP contribution in [0.15, 0.2) is 29.3 Å². The SMILES string of the molecule is CN=C(NCc1ccccc1OCC(C)C)NC(C)Cc1c(C)nn(C)c1C.I. The van der Waals surface area contributed by atoms with Crippen LogP contribution in [0.4, 0.5) is 0 Å². The average Bonchev–Trinajstić information content (AvgIpc) is 2.90. The molecular weight excluding hydrogens is 477 g/mol. The van der Waals surface area contributed by atoms with Gasteiger partial charge in [0, 0.05) is 37.9 Å². The molecule has 0 amide bonds. The Hall–Kier alpha value is -1.77. The van der Waals surface area contributed by atoms with Crippen molar-refractivity contribution < 1.29 is 4.74 Å². The van der Waals surface area contributed by atoms with Crippen molar-refractivity contribution >= 4 is 29.9 Å². The highest BCUT2D eigenvalue weighted by molar-refractivity contribution is 14.0. The summed E-state index contributed by atoms with van der Waals surface area (Å²) < 4.78 is 7.89. The molecule has 0 spiro atoms. The average molecular weight is 513 g/mol. The lowest BCUT2D eigenvalue weighted by Crippen LogP contribution is -2.42. The zero-order chi connectivity index (χ0) is 20.7. The number of aryl methyl sites for hydroxylation is 2. The summed E-state index contributed by atoms with van der Waals surface area (Å²) in [5.41, 5.74) is 4.72. The molecule has 162 valence electrons. The standard InChI is InChI=1S/C22H35N5O.HI/c1-15(2)14-28-21-11-9-8-10-19(21)13-24-22(23-6)25-16(3)12-20-17(4)26-27(7)18(20)5;/h8-11,15-16H,12-14H2,1-7H3,(H2,23,24,25);1H. The Bertz CT molecular complexity index is 800. The first-order chi connectivity index (χ1) is 13.3. The molecule has 6 nitrogen and oxygen atoms in total. The first-order valence-corrected chi connectivity index (χ1v) is 9.98. The normalized spacial score (nSPS) is 12.5. The molecule has 1 heterocycles. The number of benzene rings is 1. The van der Waals surface area contributed by atoms with Gasteiger partial charge in [-0.15, -0.1) is 24.0 Å². The van der Waals surface area contributed by atoms with Gasteiger partial charge in [0.25, 0.3) is 0 Å². The van der Waals surface area contributed by atoms with E-state index in [1.165, 1.54) is 11.3 Å². The van der Waals surface area contributed by atoms with Crippen LogP contribution in [-0.2, 0) is 20.0 Å². The van der Waals surface area contributed by atoms with Gasteiger partial charge >= 0.3 is 0 Å². The lowest BCUT2D eigenvalue weighted by molar-refractivity contribution is 0.268. The maximum absolute atomic E-state index is 5.94. The van der Waals surface area contributed by atoms with Gasteiger partial charge < -0.3 is 15.4 Å². The van der Waals surface area contributed by atoms with E-state index >= 15 is 0 Å². The molecule has 2 N–H and O–H groups in total. The molecule has 1 aromatic carbocycles. The molecule has 1 atom stereocenters. The van der Waals surface area contributed by atoms with Crippen molar-refractivity contribution in [3.05, 3.63) is 46.8 Å². The highest BCUT2D eigenvalue weighted by Crippen LogP contribution is 2.18. The lowest BCUT2D eigenvalue weighted by Gasteiger charge is -2.19. The Morgan fingerprint density at radius 1 is 1.21 bits per heavy atom. The largest absolute Gasteiger partial charge is 0.493 e. The molecule has 2 rings (SSSR count). The summed E-state index contributed by atoms with van der Waals surface area (Å²) in [6.07, 6.45) is 0.903. The first-order valence-electron chi connectivity index (χ1n) is 9.98. The molecule has 1 unspecified atom stereocenters. The minimum absolute atomic E-state index is 0. The van der Waals surface area contributed by atoms with Crippen molar-refractivity contribution in [2.24, 2.45) is 18.0 Å². The van der Waals surface area contributed by atoms with E-state index in [1.54, 1.807) is 7.05 Å². The number of rotatable bonds is 8. The summed E-state index contributed by atoms with van der Waals surface area (Å²) in [5.74, 6) is 2.20. The smallest absolute Gasteiger partial charge is 0.191 e. The van der Waals surface area contributed by atoms with E-state index in [9.17, 15) is 0 Å². The number of nitrogens with one attached hydrogen (secondary N) is 2. The molecular formula is C22H36IN5O. The van der Waals surface area contributed by atoms with E-state index in [4.69, 9.17) is 4.74 Å². The molecule has 0 bridgehead atoms. The van der Waals surface area contributed by atoms with E-state index in [0.29, 0.717) is 19.1 Å². The molecule has 1 aromatic heterocycles. The maximum atomic E-state index is 5.94. The Kier molecular flexibility index (Phi) is 10.5. The van der Waals surface area contributed by atoms with Crippen molar-refractivity contribution in [3.8, 4) is 5.75 Å². The Labute approximate surface area is 192 Å². The molecule has 0 aliphatic heterocycles. The van der Waals surface area contributed by atoms with E-state index in [0.717, 1.165) is 29.4 Å². The summed E-state index contributed by atoms with van der Waals surface area (Å²) in [7, 11) is 3.78. The number of nitrogens with zero attached hydrogens (tertiary/aromatic N) is 3. The van der Waals surface area contributed by atoms with E-state index in [2.05, 4.69) is 61.4 Å². The van der Waals surface area contributed by atoms with Gasteiger partial charge in [-0.2, -0.15) is 5.10 Å². The quantitative estimate of drug-likeness (QED) is 0.319. The number of ether oxygens (including phenoxy) is 1. The molecule has 7 heteroatoms. The Morgan fingerprint density at radius 2 is 1.90 bits per heavy atom. The van der Waals surface area contributed by atoms with Gasteiger partial charge in [-0.05, 0) is 44.7 Å². The van der Waals surface area contributed by atoms with Crippen LogP contribution in [-0.4, -0.2) is 35.4 Å². The van der Waals surface area contributed by atoms with Crippen LogP contribution in [0.25, 0.3) is 0 Å². The van der Waals surface area contributed by atoms with E-state index < -0.39 is 0 Å². The van der Waals surface area contributed by atoms with Crippen molar-refractivity contribution in [1.82, 2.24) is 20.4 Å². The fourth-order valence-corrected chi connectivity index (χ4v) is 3.12. The number of halogens is 1. The minimum atomic E-state index is 0. The van der Waals surface area contributed by atoms with Gasteiger partial charge in [0.15, 0.2) is 5.96 Å². The highest BCUT2D eigenvalue weighted by Gasteiger charge is 2.14. The van der Waals surface area contributed by atoms with Crippen molar-refractivity contribution in [2.75, 3.05) is 13.7 Å². The van der Waals surface area contributed by atoms with E-state index in [1.807, 2.05) is 29.9 Å². The Balaban J connectivity index is 0.00000420. The molecule has 2 aromatic rings. The second-order valence-electron chi connectivity index (χ2n) is 7.76. The molecule has 0 radical (unpaired) electrons. The highest BCUT2D eigenvalue weighted by atomic mass is 127. The van der Waals surface area contributed by atoms with Crippen LogP contribution in [0, 0.1) is 19.8 Å². The fraction of sp³-hybridized carbons (Fsp3) is 0.545. The van der Waals surface area contributed by atoms with Crippen LogP contribution < -0.4 is 15.4 Å². The molecule has 0 saturated heterocycles. The van der Waals surface area contributed by atoms with Gasteiger partial charge in [0.1, 0.15) is 5.75 Å². The number of hydrogen-bond acceptors (Lipinski definition) is 3. The van der Waals surface area contributed by atoms with Crippen LogP contribution in [0.5, 0.6) is 5.75 Å². The third-order valence-corrected chi connectivity index (χ3v) is 4.77. The van der Waals surface area contributed by atoms with Crippen LogP contribution in [0.2, 0.25) is 0 Å². The van der Waals surface area contributed by atoms with E-state index in [-0.39, 0.29) is 30.0 Å². The summed E-state index contributed by atoms with van der Waals surface area (Å²) in [6.45, 7) is 12.0. The topological polar surface area (TPSA) is 63.5 Å². The Morgan fingerprint density at radius 3 is 2.48 bits per heavy atom. The molecule has 0 aliphatic carbocycles. The van der Waals surface area contributed by atoms with Crippen LogP contribution in [0.1, 0.15) is 43.3 Å². The molecule has 0 saturated carbocycles. The maximum Gasteiger partial charge on any atom is 0.191 e. The third kappa shape index (κ3) is 7.53. The van der Waals surface area contributed by atoms with Gasteiger partial charge in [-0.3, -0.25) is 9.67 Å². The predicted molar refractivity (Wildman–Crippen MR) is 131 cm³/mol. The summed E-state index contributed by atoms with van der Waals surface area (Å²) in [6, 6.07) is 8.38. The van der Waals surface area contributed by atoms with Gasteiger partial charge in [-0.25, -0.2) is 0 Å². The molecule has 0 aliphatic rings. The number of para-hydroxylation sites is 1. The van der Waals surface area contributed by atoms with Gasteiger partial charge in [-0.1, -0.05) is 32.0 Å². The summed E-state index contributed by atoms with van der Waals surface area (Å²) in [5, 5.41) is 11.4. The number of aromatic nitrogens is 2. The van der Waals surface area contributed by atoms with Crippen molar-refractivity contribution in [3.63, 3.8) is 0 Å². The van der Waals surface area contributed by atoms with Gasteiger partial charge in [0.05, 0.1) is 12.3 Å². The number of guanidine groups is 1. The zero-order valence-corrected chi connectivity index (χ0v) is 21.1. The van der Waals surface area contributed by atoms with Crippen molar-refractivity contribution in [2.45, 2.75) is 53.6 Å². The first kappa shape index (κ1) is 25.3. The van der Waals surface area contributed by atoms with Crippen LogP contribution in [0.3, 0.4) is 0 Å². The zero-order valence-electron chi connectivity index (χ0n) is 18.7. The number of hydrogen-bond donors (Lipinski definition) is 2. The second kappa shape index (κ2) is 12.0. The summed E-state index contributed by atoms with van der Waals surface area (Å²) >= 11 is 0. The minimum Gasteiger partial charge on any atom is -0.493 e. The van der Waals surface area contributed by atoms with Crippen LogP contribution >= 0.6 is 24.0 Å². The number of aliphatic imine (C=N–C) groups is 1. The van der Waals surface area contributed by atoms with Gasteiger partial charge in [0.2, 0.25) is 0 Å².